The van der Waals surface area contributed by atoms with E-state index in [0.717, 1.165) is 5.56 Å². The van der Waals surface area contributed by atoms with Gasteiger partial charge in [0.2, 0.25) is 0 Å². The molecule has 0 aliphatic heterocycles. The van der Waals surface area contributed by atoms with Gasteiger partial charge in [-0.05, 0) is 5.56 Å². The third kappa shape index (κ3) is 1.60. The summed E-state index contributed by atoms with van der Waals surface area (Å²) in [6, 6.07) is 9.89. The highest BCUT2D eigenvalue weighted by molar-refractivity contribution is 6.34. The van der Waals surface area contributed by atoms with Crippen molar-refractivity contribution in [2.75, 3.05) is 0 Å². The van der Waals surface area contributed by atoms with E-state index in [1.807, 2.05) is 54.6 Å². The number of allylic oxidation sites excluding steroid dienone is 4. The molecule has 1 aromatic carbocycles. The van der Waals surface area contributed by atoms with Crippen molar-refractivity contribution in [3.8, 4) is 0 Å². The fourth-order valence-corrected chi connectivity index (χ4v) is 2.09. The van der Waals surface area contributed by atoms with Gasteiger partial charge < -0.3 is 0 Å². The monoisotopic (exact) mass is 224 g/mol. The number of halogens is 2. The van der Waals surface area contributed by atoms with Gasteiger partial charge in [0, 0.05) is 0 Å². The maximum Gasteiger partial charge on any atom is 0.108 e. The maximum absolute atomic E-state index is 6.48. The van der Waals surface area contributed by atoms with Crippen LogP contribution in [-0.2, 0) is 4.87 Å². The number of alkyl halides is 2. The summed E-state index contributed by atoms with van der Waals surface area (Å²) in [5.41, 5.74) is 1.03. The van der Waals surface area contributed by atoms with Crippen LogP contribution in [0.3, 0.4) is 0 Å². The smallest absolute Gasteiger partial charge is 0.108 e. The predicted molar refractivity (Wildman–Crippen MR) is 61.9 cm³/mol. The van der Waals surface area contributed by atoms with E-state index in [-0.39, 0.29) is 5.38 Å². The highest BCUT2D eigenvalue weighted by Crippen LogP contribution is 2.39. The standard InChI is InChI=1S/C12H10Cl2/c13-11-8-4-5-9-12(11,14)10-6-2-1-3-7-10/h1-9,11H. The van der Waals surface area contributed by atoms with E-state index in [1.165, 1.54) is 0 Å². The molecule has 0 bridgehead atoms. The molecule has 1 aromatic rings. The van der Waals surface area contributed by atoms with Crippen molar-refractivity contribution in [2.24, 2.45) is 0 Å². The molecular weight excluding hydrogens is 215 g/mol. The summed E-state index contributed by atoms with van der Waals surface area (Å²) >= 11 is 12.7. The fraction of sp³-hybridized carbons (Fsp3) is 0.167. The topological polar surface area (TPSA) is 0 Å². The molecule has 0 fully saturated rings. The van der Waals surface area contributed by atoms with Crippen LogP contribution in [0.15, 0.2) is 54.6 Å². The molecule has 0 spiro atoms. The molecule has 14 heavy (non-hydrogen) atoms. The molecule has 0 radical (unpaired) electrons. The highest BCUT2D eigenvalue weighted by Gasteiger charge is 2.34. The van der Waals surface area contributed by atoms with Crippen LogP contribution in [0.25, 0.3) is 0 Å². The molecule has 0 saturated carbocycles. The van der Waals surface area contributed by atoms with Crippen LogP contribution in [-0.4, -0.2) is 5.38 Å². The van der Waals surface area contributed by atoms with Gasteiger partial charge >= 0.3 is 0 Å². The summed E-state index contributed by atoms with van der Waals surface area (Å²) in [4.78, 5) is -0.600. The SMILES string of the molecule is ClC1C=CC=CC1(Cl)c1ccccc1. The first-order valence-corrected chi connectivity index (χ1v) is 5.29. The second kappa shape index (κ2) is 3.80. The molecule has 2 rings (SSSR count). The lowest BCUT2D eigenvalue weighted by molar-refractivity contribution is 0.772. The van der Waals surface area contributed by atoms with Crippen LogP contribution < -0.4 is 0 Å². The lowest BCUT2D eigenvalue weighted by atomic mass is 9.91. The van der Waals surface area contributed by atoms with Crippen molar-refractivity contribution < 1.29 is 0 Å². The fourth-order valence-electron chi connectivity index (χ4n) is 1.54. The van der Waals surface area contributed by atoms with Crippen molar-refractivity contribution in [2.45, 2.75) is 10.3 Å². The zero-order chi connectivity index (χ0) is 10.0. The van der Waals surface area contributed by atoms with Crippen molar-refractivity contribution in [3.05, 3.63) is 60.2 Å². The Labute approximate surface area is 93.8 Å². The molecule has 1 aliphatic carbocycles. The molecule has 2 heteroatoms. The second-order valence-electron chi connectivity index (χ2n) is 3.28. The van der Waals surface area contributed by atoms with E-state index in [4.69, 9.17) is 23.2 Å². The largest absolute Gasteiger partial charge is 0.116 e. The zero-order valence-electron chi connectivity index (χ0n) is 7.53. The summed E-state index contributed by atoms with van der Waals surface area (Å²) in [5.74, 6) is 0. The minimum atomic E-state index is -0.600. The molecule has 2 atom stereocenters. The average molecular weight is 225 g/mol. The number of hydrogen-bond acceptors (Lipinski definition) is 0. The summed E-state index contributed by atoms with van der Waals surface area (Å²) in [5, 5.41) is -0.198. The Kier molecular flexibility index (Phi) is 2.66. The molecule has 2 unspecified atom stereocenters. The normalized spacial score (nSPS) is 30.6. The average Bonchev–Trinajstić information content (AvgIpc) is 2.24. The zero-order valence-corrected chi connectivity index (χ0v) is 9.04. The molecular formula is C12H10Cl2. The van der Waals surface area contributed by atoms with Gasteiger partial charge in [0.1, 0.15) is 4.87 Å². The molecule has 0 saturated heterocycles. The van der Waals surface area contributed by atoms with E-state index >= 15 is 0 Å². The van der Waals surface area contributed by atoms with Crippen LogP contribution in [0.1, 0.15) is 5.56 Å². The van der Waals surface area contributed by atoms with E-state index < -0.39 is 4.87 Å². The minimum absolute atomic E-state index is 0.198. The number of benzene rings is 1. The summed E-state index contributed by atoms with van der Waals surface area (Å²) < 4.78 is 0. The first-order valence-electron chi connectivity index (χ1n) is 4.48. The Morgan fingerprint density at radius 2 is 1.79 bits per heavy atom. The molecule has 0 amide bonds. The summed E-state index contributed by atoms with van der Waals surface area (Å²) in [6.07, 6.45) is 7.68. The van der Waals surface area contributed by atoms with Crippen LogP contribution in [0.4, 0.5) is 0 Å². The van der Waals surface area contributed by atoms with Crippen molar-refractivity contribution >= 4 is 23.2 Å². The Balaban J connectivity index is 2.42. The first kappa shape index (κ1) is 9.82. The van der Waals surface area contributed by atoms with Crippen molar-refractivity contribution in [1.82, 2.24) is 0 Å². The second-order valence-corrected chi connectivity index (χ2v) is 4.38. The molecule has 0 heterocycles. The minimum Gasteiger partial charge on any atom is -0.116 e. The van der Waals surface area contributed by atoms with Gasteiger partial charge in [0.25, 0.3) is 0 Å². The lowest BCUT2D eigenvalue weighted by Gasteiger charge is -2.29. The van der Waals surface area contributed by atoms with Gasteiger partial charge in [-0.2, -0.15) is 0 Å². The Morgan fingerprint density at radius 1 is 1.07 bits per heavy atom. The summed E-state index contributed by atoms with van der Waals surface area (Å²) in [6.45, 7) is 0. The van der Waals surface area contributed by atoms with Gasteiger partial charge in [-0.1, -0.05) is 54.6 Å². The molecule has 72 valence electrons. The van der Waals surface area contributed by atoms with Crippen LogP contribution >= 0.6 is 23.2 Å². The summed E-state index contributed by atoms with van der Waals surface area (Å²) in [7, 11) is 0. The number of hydrogen-bond donors (Lipinski definition) is 0. The number of rotatable bonds is 1. The van der Waals surface area contributed by atoms with Crippen LogP contribution in [0, 0.1) is 0 Å². The van der Waals surface area contributed by atoms with Gasteiger partial charge in [-0.15, -0.1) is 23.2 Å². The van der Waals surface area contributed by atoms with Crippen molar-refractivity contribution in [3.63, 3.8) is 0 Å². The van der Waals surface area contributed by atoms with E-state index in [2.05, 4.69) is 0 Å². The van der Waals surface area contributed by atoms with Gasteiger partial charge in [-0.25, -0.2) is 0 Å². The van der Waals surface area contributed by atoms with E-state index in [9.17, 15) is 0 Å². The van der Waals surface area contributed by atoms with Crippen LogP contribution in [0.2, 0.25) is 0 Å². The van der Waals surface area contributed by atoms with Gasteiger partial charge in [0.15, 0.2) is 0 Å². The third-order valence-electron chi connectivity index (χ3n) is 2.35. The van der Waals surface area contributed by atoms with Crippen molar-refractivity contribution in [1.29, 1.82) is 0 Å². The molecule has 0 aromatic heterocycles. The first-order chi connectivity index (χ1) is 6.73. The molecule has 0 nitrogen and oxygen atoms in total. The molecule has 1 aliphatic rings. The lowest BCUT2D eigenvalue weighted by Crippen LogP contribution is -2.27. The van der Waals surface area contributed by atoms with Gasteiger partial charge in [0.05, 0.1) is 5.38 Å². The Hall–Kier alpha value is -0.720. The van der Waals surface area contributed by atoms with E-state index in [0.29, 0.717) is 0 Å². The quantitative estimate of drug-likeness (QED) is 0.636. The third-order valence-corrected chi connectivity index (χ3v) is 3.53. The van der Waals surface area contributed by atoms with E-state index in [1.54, 1.807) is 0 Å². The Bertz CT molecular complexity index is 367. The van der Waals surface area contributed by atoms with Gasteiger partial charge in [-0.3, -0.25) is 0 Å². The van der Waals surface area contributed by atoms with Crippen LogP contribution in [0.5, 0.6) is 0 Å². The Morgan fingerprint density at radius 3 is 2.43 bits per heavy atom. The maximum atomic E-state index is 6.48. The highest BCUT2D eigenvalue weighted by atomic mass is 35.5. The predicted octanol–water partition coefficient (Wildman–Crippen LogP) is 3.85. The molecule has 0 N–H and O–H groups in total.